The van der Waals surface area contributed by atoms with Crippen LogP contribution in [0, 0.1) is 39.9 Å². The lowest BCUT2D eigenvalue weighted by Crippen LogP contribution is -2.66. The number of aromatic nitrogens is 1. The Hall–Kier alpha value is -3.24. The molecular weight excluding hydrogens is 542 g/mol. The molecule has 5 unspecified atom stereocenters. The molecule has 7 rings (SSSR count). The summed E-state index contributed by atoms with van der Waals surface area (Å²) in [6, 6.07) is 5.03. The van der Waals surface area contributed by atoms with Gasteiger partial charge in [-0.15, -0.1) is 0 Å². The number of carboxylic acids is 1. The fourth-order valence-corrected chi connectivity index (χ4v) is 9.01. The number of nitrogens with zero attached hydrogens (tertiary/aromatic N) is 1. The summed E-state index contributed by atoms with van der Waals surface area (Å²) in [5.74, 6) is -2.06. The van der Waals surface area contributed by atoms with Crippen LogP contribution in [0.1, 0.15) is 71.0 Å². The summed E-state index contributed by atoms with van der Waals surface area (Å²) < 4.78 is 18.1. The lowest BCUT2D eigenvalue weighted by molar-refractivity contribution is -0.238. The third-order valence-electron chi connectivity index (χ3n) is 11.6. The molecule has 10 nitrogen and oxygen atoms in total. The van der Waals surface area contributed by atoms with Gasteiger partial charge in [-0.3, -0.25) is 14.6 Å². The number of carboxylic acid groups (broad SMARTS) is 1. The minimum Gasteiger partial charge on any atom is -0.486 e. The number of hydrogen-bond donors (Lipinski definition) is 3. The van der Waals surface area contributed by atoms with E-state index in [-0.39, 0.29) is 47.2 Å². The van der Waals surface area contributed by atoms with Gasteiger partial charge in [0, 0.05) is 35.4 Å². The average molecular weight is 580 g/mol. The van der Waals surface area contributed by atoms with Gasteiger partial charge in [0.2, 0.25) is 0 Å². The predicted molar refractivity (Wildman–Crippen MR) is 147 cm³/mol. The maximum atomic E-state index is 13.3. The van der Waals surface area contributed by atoms with Crippen molar-refractivity contribution in [3.8, 4) is 17.1 Å². The Bertz CT molecular complexity index is 1500. The maximum absolute atomic E-state index is 13.3. The molecular formula is C32H37NO9. The molecule has 0 amide bonds. The van der Waals surface area contributed by atoms with E-state index in [1.54, 1.807) is 37.5 Å². The molecule has 0 spiro atoms. The highest BCUT2D eigenvalue weighted by atomic mass is 16.5. The van der Waals surface area contributed by atoms with E-state index < -0.39 is 58.2 Å². The molecule has 0 aromatic carbocycles. The smallest absolute Gasteiger partial charge is 0.345 e. The van der Waals surface area contributed by atoms with Gasteiger partial charge in [0.05, 0.1) is 23.5 Å². The molecule has 5 aliphatic rings. The van der Waals surface area contributed by atoms with Crippen LogP contribution < -0.4 is 10.4 Å². The van der Waals surface area contributed by atoms with Crippen molar-refractivity contribution < 1.29 is 38.8 Å². The number of carbonyl (C=O) groups is 2. The van der Waals surface area contributed by atoms with Gasteiger partial charge in [0.15, 0.2) is 0 Å². The molecule has 4 saturated carbocycles. The fraction of sp³-hybridized carbons (Fsp3) is 0.625. The summed E-state index contributed by atoms with van der Waals surface area (Å²) in [5.41, 5.74) is -2.52. The van der Waals surface area contributed by atoms with Crippen LogP contribution in [-0.4, -0.2) is 50.6 Å². The number of rotatable bonds is 5. The molecule has 42 heavy (non-hydrogen) atoms. The third kappa shape index (κ3) is 3.83. The first-order chi connectivity index (χ1) is 19.9. The second kappa shape index (κ2) is 9.13. The normalized spacial score (nSPS) is 41.9. The topological polar surface area (TPSA) is 156 Å². The predicted octanol–water partition coefficient (Wildman–Crippen LogP) is 3.73. The lowest BCUT2D eigenvalue weighted by Gasteiger charge is -2.64. The number of esters is 1. The summed E-state index contributed by atoms with van der Waals surface area (Å²) in [7, 11) is 0. The number of carbonyl (C=O) groups excluding carboxylic acids is 1. The molecule has 4 fully saturated rings. The van der Waals surface area contributed by atoms with Crippen LogP contribution in [0.4, 0.5) is 0 Å². The maximum Gasteiger partial charge on any atom is 0.345 e. The molecule has 10 heteroatoms. The number of hydrogen-bond acceptors (Lipinski definition) is 9. The Kier molecular flexibility index (Phi) is 6.00. The van der Waals surface area contributed by atoms with E-state index in [1.165, 1.54) is 0 Å². The molecule has 4 aliphatic carbocycles. The van der Waals surface area contributed by atoms with Crippen LogP contribution in [0.25, 0.3) is 11.3 Å². The van der Waals surface area contributed by atoms with Crippen molar-refractivity contribution in [3.05, 3.63) is 46.6 Å². The highest BCUT2D eigenvalue weighted by Crippen LogP contribution is 2.73. The van der Waals surface area contributed by atoms with E-state index in [0.717, 1.165) is 12.8 Å². The Morgan fingerprint density at radius 2 is 1.88 bits per heavy atom. The molecule has 2 aromatic heterocycles. The van der Waals surface area contributed by atoms with Gasteiger partial charge in [-0.1, -0.05) is 13.8 Å². The van der Waals surface area contributed by atoms with E-state index in [2.05, 4.69) is 4.98 Å². The lowest BCUT2D eigenvalue weighted by atomic mass is 9.43. The molecule has 1 aliphatic heterocycles. The number of aliphatic carboxylic acids is 1. The molecule has 3 N–H and O–H groups in total. The zero-order valence-electron chi connectivity index (χ0n) is 24.0. The quantitative estimate of drug-likeness (QED) is 0.446. The fourth-order valence-electron chi connectivity index (χ4n) is 9.01. The van der Waals surface area contributed by atoms with Gasteiger partial charge in [-0.2, -0.15) is 0 Å². The highest BCUT2D eigenvalue weighted by Gasteiger charge is 2.74. The first-order valence-electron chi connectivity index (χ1n) is 14.9. The molecule has 0 radical (unpaired) electrons. The van der Waals surface area contributed by atoms with Crippen molar-refractivity contribution in [1.82, 2.24) is 4.98 Å². The Morgan fingerprint density at radius 1 is 1.12 bits per heavy atom. The molecule has 224 valence electrons. The standard InChI is InChI=1S/C32H37NO9/c1-30-9-8-22(42-27(36)15-6-7-15)32(3,21-13-31(21,2)29(38)39)20(30)11-17(34)26-24(30)25(35)23-19(40-26)12-18(41-28(23)37)16-5-4-10-33-14-16/h4-5,10,12,14-15,17,20-22,24-26,34-35H,6-9,11,13H2,1-3H3,(H,38,39)/t17?,20-,21?,22+,24+,25-,26?,30+,31?,32?/m1/s1. The molecule has 0 saturated heterocycles. The van der Waals surface area contributed by atoms with Crippen LogP contribution in [0.15, 0.2) is 39.8 Å². The van der Waals surface area contributed by atoms with Crippen molar-refractivity contribution in [3.63, 3.8) is 0 Å². The SMILES string of the molecule is CC1(C(=O)O)CC1C1(C)[C@@H](OC(=O)C2CC2)CC[C@]2(C)[C@@H]3C(Oc4cc(-c5cccnc5)oc(=O)c4[C@H]3O)C(O)C[C@@H]12. The van der Waals surface area contributed by atoms with Crippen molar-refractivity contribution in [1.29, 1.82) is 0 Å². The van der Waals surface area contributed by atoms with E-state index in [0.29, 0.717) is 24.8 Å². The zero-order chi connectivity index (χ0) is 29.8. The van der Waals surface area contributed by atoms with Gasteiger partial charge < -0.3 is 29.2 Å². The van der Waals surface area contributed by atoms with Crippen LogP contribution in [0.2, 0.25) is 0 Å². The minimum absolute atomic E-state index is 0.0174. The van der Waals surface area contributed by atoms with Crippen molar-refractivity contribution in [2.75, 3.05) is 0 Å². The van der Waals surface area contributed by atoms with E-state index >= 15 is 0 Å². The van der Waals surface area contributed by atoms with Crippen molar-refractivity contribution >= 4 is 11.9 Å². The number of aliphatic hydroxyl groups is 2. The number of ether oxygens (including phenoxy) is 2. The molecule has 0 bridgehead atoms. The first kappa shape index (κ1) is 27.6. The largest absolute Gasteiger partial charge is 0.486 e. The van der Waals surface area contributed by atoms with Gasteiger partial charge in [0.1, 0.15) is 29.3 Å². The van der Waals surface area contributed by atoms with Gasteiger partial charge >= 0.3 is 17.6 Å². The highest BCUT2D eigenvalue weighted by molar-refractivity contribution is 5.78. The number of aliphatic hydroxyl groups excluding tert-OH is 2. The van der Waals surface area contributed by atoms with E-state index in [1.807, 2.05) is 13.8 Å². The van der Waals surface area contributed by atoms with Gasteiger partial charge in [0.25, 0.3) is 0 Å². The van der Waals surface area contributed by atoms with Crippen LogP contribution >= 0.6 is 0 Å². The van der Waals surface area contributed by atoms with Crippen molar-refractivity contribution in [2.45, 2.75) is 83.7 Å². The third-order valence-corrected chi connectivity index (χ3v) is 11.6. The Morgan fingerprint density at radius 3 is 2.52 bits per heavy atom. The second-order valence-corrected chi connectivity index (χ2v) is 13.9. The summed E-state index contributed by atoms with van der Waals surface area (Å²) in [4.78, 5) is 42.6. The summed E-state index contributed by atoms with van der Waals surface area (Å²) >= 11 is 0. The minimum atomic E-state index is -1.28. The number of fused-ring (bicyclic) bond motifs is 4. The van der Waals surface area contributed by atoms with Crippen molar-refractivity contribution in [2.24, 2.45) is 39.9 Å². The molecule has 3 heterocycles. The van der Waals surface area contributed by atoms with E-state index in [4.69, 9.17) is 13.9 Å². The Labute approximate surface area is 243 Å². The summed E-state index contributed by atoms with van der Waals surface area (Å²) in [6.07, 6.45) is 2.95. The van der Waals surface area contributed by atoms with Crippen LogP contribution in [0.3, 0.4) is 0 Å². The second-order valence-electron chi connectivity index (χ2n) is 13.9. The van der Waals surface area contributed by atoms with Crippen LogP contribution in [0.5, 0.6) is 5.75 Å². The molecule has 2 aromatic rings. The average Bonchev–Trinajstić information content (AvgIpc) is 3.88. The van der Waals surface area contributed by atoms with Gasteiger partial charge in [-0.05, 0) is 74.8 Å². The Balaban J connectivity index is 1.29. The zero-order valence-corrected chi connectivity index (χ0v) is 24.0. The van der Waals surface area contributed by atoms with Gasteiger partial charge in [-0.25, -0.2) is 4.79 Å². The monoisotopic (exact) mass is 579 g/mol. The number of pyridine rings is 1. The molecule has 10 atom stereocenters. The summed E-state index contributed by atoms with van der Waals surface area (Å²) in [6.45, 7) is 5.78. The van der Waals surface area contributed by atoms with Crippen LogP contribution in [-0.2, 0) is 14.3 Å². The summed E-state index contributed by atoms with van der Waals surface area (Å²) in [5, 5.41) is 33.6. The first-order valence-corrected chi connectivity index (χ1v) is 14.9. The van der Waals surface area contributed by atoms with E-state index in [9.17, 15) is 29.7 Å².